The zero-order valence-corrected chi connectivity index (χ0v) is 8.14. The molecule has 2 rings (SSSR count). The molecule has 1 aromatic rings. The Morgan fingerprint density at radius 2 is 2.31 bits per heavy atom. The molecule has 0 bridgehead atoms. The summed E-state index contributed by atoms with van der Waals surface area (Å²) in [5.41, 5.74) is 0. The summed E-state index contributed by atoms with van der Waals surface area (Å²) in [5.74, 6) is 1.65. The van der Waals surface area contributed by atoms with Gasteiger partial charge in [0.1, 0.15) is 0 Å². The normalized spacial score (nSPS) is 23.5. The van der Waals surface area contributed by atoms with Crippen molar-refractivity contribution in [3.63, 3.8) is 0 Å². The van der Waals surface area contributed by atoms with Crippen LogP contribution in [0.2, 0.25) is 0 Å². The maximum Gasteiger partial charge on any atom is 0.245 e. The quantitative estimate of drug-likeness (QED) is 0.631. The molecule has 0 N–H and O–H groups in total. The van der Waals surface area contributed by atoms with Crippen LogP contribution in [0.15, 0.2) is 0 Å². The summed E-state index contributed by atoms with van der Waals surface area (Å²) in [7, 11) is 1.88. The van der Waals surface area contributed by atoms with Gasteiger partial charge in [-0.2, -0.15) is 0 Å². The van der Waals surface area contributed by atoms with E-state index in [4.69, 9.17) is 0 Å². The van der Waals surface area contributed by atoms with Crippen molar-refractivity contribution in [3.8, 4) is 0 Å². The monoisotopic (exact) mass is 181 g/mol. The van der Waals surface area contributed by atoms with Crippen LogP contribution >= 0.6 is 0 Å². The van der Waals surface area contributed by atoms with Gasteiger partial charge in [0, 0.05) is 20.1 Å². The van der Waals surface area contributed by atoms with Gasteiger partial charge in [-0.05, 0) is 29.2 Å². The summed E-state index contributed by atoms with van der Waals surface area (Å²) in [6.07, 6.45) is 2.57. The lowest BCUT2D eigenvalue weighted by Crippen LogP contribution is -2.36. The largest absolute Gasteiger partial charge is 0.339 e. The number of rotatable bonds is 1. The molecule has 1 unspecified atom stereocenters. The Labute approximate surface area is 77.7 Å². The molecule has 1 saturated heterocycles. The smallest absolute Gasteiger partial charge is 0.245 e. The van der Waals surface area contributed by atoms with E-state index < -0.39 is 0 Å². The number of tetrazole rings is 1. The molecule has 72 valence electrons. The van der Waals surface area contributed by atoms with Crippen molar-refractivity contribution in [1.82, 2.24) is 20.2 Å². The maximum absolute atomic E-state index is 4.00. The fraction of sp³-hybridized carbons (Fsp3) is 0.875. The number of hydrogen-bond donors (Lipinski definition) is 0. The highest BCUT2D eigenvalue weighted by Crippen LogP contribution is 2.19. The highest BCUT2D eigenvalue weighted by Gasteiger charge is 2.19. The first-order valence-electron chi connectivity index (χ1n) is 4.74. The van der Waals surface area contributed by atoms with Gasteiger partial charge in [-0.15, -0.1) is 0 Å². The number of hydrogen-bond acceptors (Lipinski definition) is 4. The second-order valence-electron chi connectivity index (χ2n) is 3.80. The molecular weight excluding hydrogens is 166 g/mol. The summed E-state index contributed by atoms with van der Waals surface area (Å²) in [6.45, 7) is 4.43. The Kier molecular flexibility index (Phi) is 2.16. The molecule has 5 nitrogen and oxygen atoms in total. The van der Waals surface area contributed by atoms with E-state index in [1.54, 1.807) is 4.68 Å². The molecule has 1 aromatic heterocycles. The third-order valence-electron chi connectivity index (χ3n) is 2.54. The molecular formula is C8H15N5. The van der Waals surface area contributed by atoms with Gasteiger partial charge in [-0.3, -0.25) is 0 Å². The van der Waals surface area contributed by atoms with Crippen LogP contribution in [0.25, 0.3) is 0 Å². The minimum Gasteiger partial charge on any atom is -0.339 e. The van der Waals surface area contributed by atoms with Crippen molar-refractivity contribution in [2.45, 2.75) is 19.8 Å². The molecule has 5 heteroatoms. The van der Waals surface area contributed by atoms with Crippen LogP contribution in [0.3, 0.4) is 0 Å². The Bertz CT molecular complexity index is 282. The second kappa shape index (κ2) is 3.32. The minimum absolute atomic E-state index is 0.755. The third-order valence-corrected chi connectivity index (χ3v) is 2.54. The van der Waals surface area contributed by atoms with Crippen LogP contribution in [0, 0.1) is 5.92 Å². The average molecular weight is 181 g/mol. The highest BCUT2D eigenvalue weighted by molar-refractivity contribution is 5.28. The van der Waals surface area contributed by atoms with Crippen molar-refractivity contribution < 1.29 is 0 Å². The summed E-state index contributed by atoms with van der Waals surface area (Å²) < 4.78 is 1.73. The standard InChI is InChI=1S/C8H15N5/c1-7-4-3-5-13(6-7)8-9-10-11-12(8)2/h7H,3-6H2,1-2H3. The van der Waals surface area contributed by atoms with Gasteiger partial charge in [-0.25, -0.2) is 4.68 Å². The fourth-order valence-corrected chi connectivity index (χ4v) is 1.86. The van der Waals surface area contributed by atoms with Crippen LogP contribution in [-0.2, 0) is 7.05 Å². The Morgan fingerprint density at radius 1 is 1.46 bits per heavy atom. The fourth-order valence-electron chi connectivity index (χ4n) is 1.86. The van der Waals surface area contributed by atoms with Gasteiger partial charge < -0.3 is 4.90 Å². The lowest BCUT2D eigenvalue weighted by molar-refractivity contribution is 0.438. The summed E-state index contributed by atoms with van der Waals surface area (Å²) in [4.78, 5) is 2.26. The SMILES string of the molecule is CC1CCCN(c2nnnn2C)C1. The van der Waals surface area contributed by atoms with Gasteiger partial charge >= 0.3 is 0 Å². The first-order valence-corrected chi connectivity index (χ1v) is 4.74. The topological polar surface area (TPSA) is 46.8 Å². The van der Waals surface area contributed by atoms with Gasteiger partial charge in [0.05, 0.1) is 0 Å². The zero-order chi connectivity index (χ0) is 9.26. The van der Waals surface area contributed by atoms with Crippen LogP contribution in [-0.4, -0.2) is 33.3 Å². The molecule has 0 saturated carbocycles. The zero-order valence-electron chi connectivity index (χ0n) is 8.14. The Morgan fingerprint density at radius 3 is 2.92 bits per heavy atom. The molecule has 1 atom stereocenters. The number of aromatic nitrogens is 4. The number of nitrogens with zero attached hydrogens (tertiary/aromatic N) is 5. The molecule has 2 heterocycles. The molecule has 0 spiro atoms. The van der Waals surface area contributed by atoms with Crippen LogP contribution in [0.5, 0.6) is 0 Å². The predicted molar refractivity (Wildman–Crippen MR) is 49.4 cm³/mol. The van der Waals surface area contributed by atoms with E-state index >= 15 is 0 Å². The Balaban J connectivity index is 2.12. The molecule has 1 aliphatic heterocycles. The molecule has 13 heavy (non-hydrogen) atoms. The third kappa shape index (κ3) is 1.64. The lowest BCUT2D eigenvalue weighted by atomic mass is 10.0. The van der Waals surface area contributed by atoms with Crippen molar-refractivity contribution in [2.75, 3.05) is 18.0 Å². The van der Waals surface area contributed by atoms with Crippen LogP contribution < -0.4 is 4.90 Å². The van der Waals surface area contributed by atoms with E-state index in [2.05, 4.69) is 27.3 Å². The maximum atomic E-state index is 4.00. The molecule has 0 aliphatic carbocycles. The second-order valence-corrected chi connectivity index (χ2v) is 3.80. The summed E-state index contributed by atoms with van der Waals surface area (Å²) in [6, 6.07) is 0. The van der Waals surface area contributed by atoms with E-state index in [1.165, 1.54) is 12.8 Å². The summed E-state index contributed by atoms with van der Waals surface area (Å²) in [5, 5.41) is 11.5. The van der Waals surface area contributed by atoms with E-state index in [0.29, 0.717) is 0 Å². The molecule has 1 aliphatic rings. The lowest BCUT2D eigenvalue weighted by Gasteiger charge is -2.30. The first-order chi connectivity index (χ1) is 6.27. The Hall–Kier alpha value is -1.13. The van der Waals surface area contributed by atoms with Crippen molar-refractivity contribution in [1.29, 1.82) is 0 Å². The number of aryl methyl sites for hydroxylation is 1. The van der Waals surface area contributed by atoms with E-state index in [1.807, 2.05) is 7.05 Å². The van der Waals surface area contributed by atoms with Crippen LogP contribution in [0.4, 0.5) is 5.95 Å². The van der Waals surface area contributed by atoms with E-state index in [0.717, 1.165) is 25.0 Å². The molecule has 0 aromatic carbocycles. The van der Waals surface area contributed by atoms with Crippen LogP contribution in [0.1, 0.15) is 19.8 Å². The van der Waals surface area contributed by atoms with Gasteiger partial charge in [0.2, 0.25) is 5.95 Å². The summed E-state index contributed by atoms with van der Waals surface area (Å²) >= 11 is 0. The van der Waals surface area contributed by atoms with Crippen molar-refractivity contribution >= 4 is 5.95 Å². The minimum atomic E-state index is 0.755. The van der Waals surface area contributed by atoms with Gasteiger partial charge in [0.15, 0.2) is 0 Å². The van der Waals surface area contributed by atoms with Gasteiger partial charge in [-0.1, -0.05) is 12.0 Å². The average Bonchev–Trinajstić information content (AvgIpc) is 2.51. The molecule has 0 radical (unpaired) electrons. The van der Waals surface area contributed by atoms with Gasteiger partial charge in [0.25, 0.3) is 0 Å². The predicted octanol–water partition coefficient (Wildman–Crippen LogP) is 0.446. The number of anilines is 1. The van der Waals surface area contributed by atoms with E-state index in [9.17, 15) is 0 Å². The first kappa shape index (κ1) is 8.47. The van der Waals surface area contributed by atoms with Crippen molar-refractivity contribution in [2.24, 2.45) is 13.0 Å². The van der Waals surface area contributed by atoms with Crippen molar-refractivity contribution in [3.05, 3.63) is 0 Å². The van der Waals surface area contributed by atoms with E-state index in [-0.39, 0.29) is 0 Å². The number of piperidine rings is 1. The highest BCUT2D eigenvalue weighted by atomic mass is 15.6. The molecule has 0 amide bonds. The molecule has 1 fully saturated rings.